The van der Waals surface area contributed by atoms with Crippen molar-refractivity contribution < 1.29 is 0 Å². The average Bonchev–Trinajstić information content (AvgIpc) is 2.76. The third-order valence-electron chi connectivity index (χ3n) is 6.77. The molecule has 1 aromatic rings. The predicted molar refractivity (Wildman–Crippen MR) is 132 cm³/mol. The molecule has 0 aliphatic rings. The summed E-state index contributed by atoms with van der Waals surface area (Å²) in [6.07, 6.45) is 25.5. The zero-order valence-electron chi connectivity index (χ0n) is 20.2. The van der Waals surface area contributed by atoms with E-state index >= 15 is 0 Å². The molecule has 0 aromatic heterocycles. The molecule has 0 N–H and O–H groups in total. The molecule has 2 atom stereocenters. The number of hydrogen-bond donors (Lipinski definition) is 0. The van der Waals surface area contributed by atoms with Crippen LogP contribution in [0.2, 0.25) is 0 Å². The van der Waals surface area contributed by atoms with Crippen LogP contribution in [0, 0.1) is 12.0 Å². The molecule has 1 rings (SSSR count). The summed E-state index contributed by atoms with van der Waals surface area (Å²) in [6.45, 7) is 7.01. The first-order chi connectivity index (χ1) is 14.3. The largest absolute Gasteiger partial charge is 0.0654 e. The lowest BCUT2D eigenvalue weighted by atomic mass is 9.78. The molecular weight excluding hydrogens is 348 g/mol. The van der Waals surface area contributed by atoms with E-state index < -0.39 is 0 Å². The topological polar surface area (TPSA) is 0 Å². The lowest BCUT2D eigenvalue weighted by molar-refractivity contribution is 0.343. The normalized spacial score (nSPS) is 13.5. The van der Waals surface area contributed by atoms with E-state index in [1.807, 2.05) is 0 Å². The third-order valence-corrected chi connectivity index (χ3v) is 6.77. The van der Waals surface area contributed by atoms with E-state index in [-0.39, 0.29) is 0 Å². The van der Waals surface area contributed by atoms with Crippen molar-refractivity contribution in [2.75, 3.05) is 0 Å². The number of rotatable bonds is 20. The van der Waals surface area contributed by atoms with E-state index in [0.29, 0.717) is 0 Å². The molecule has 0 aliphatic carbocycles. The van der Waals surface area contributed by atoms with Crippen molar-refractivity contribution >= 4 is 0 Å². The van der Waals surface area contributed by atoms with Crippen LogP contribution in [0.25, 0.3) is 0 Å². The molecule has 0 bridgehead atoms. The van der Waals surface area contributed by atoms with E-state index in [1.165, 1.54) is 121 Å². The molecule has 167 valence electrons. The van der Waals surface area contributed by atoms with Crippen LogP contribution in [-0.2, 0) is 0 Å². The molecule has 0 fully saturated rings. The van der Waals surface area contributed by atoms with Gasteiger partial charge in [0.25, 0.3) is 0 Å². The average molecular weight is 400 g/mol. The molecule has 1 aromatic carbocycles. The van der Waals surface area contributed by atoms with Gasteiger partial charge in [0.1, 0.15) is 0 Å². The number of unbranched alkanes of at least 4 members (excludes halogenated alkanes) is 13. The van der Waals surface area contributed by atoms with Crippen molar-refractivity contribution in [1.29, 1.82) is 0 Å². The van der Waals surface area contributed by atoms with Crippen LogP contribution >= 0.6 is 0 Å². The minimum Gasteiger partial charge on any atom is -0.0654 e. The molecule has 0 spiro atoms. The van der Waals surface area contributed by atoms with Gasteiger partial charge in [0.2, 0.25) is 0 Å². The molecular formula is C29H51. The van der Waals surface area contributed by atoms with Crippen LogP contribution in [0.5, 0.6) is 0 Å². The Morgan fingerprint density at radius 2 is 1.14 bits per heavy atom. The highest BCUT2D eigenvalue weighted by atomic mass is 14.3. The zero-order valence-corrected chi connectivity index (χ0v) is 20.2. The Balaban J connectivity index is 2.23. The monoisotopic (exact) mass is 399 g/mol. The molecule has 29 heavy (non-hydrogen) atoms. The summed E-state index contributed by atoms with van der Waals surface area (Å²) in [5, 5.41) is 0. The Morgan fingerprint density at radius 3 is 1.66 bits per heavy atom. The van der Waals surface area contributed by atoms with Gasteiger partial charge in [0, 0.05) is 0 Å². The summed E-state index contributed by atoms with van der Waals surface area (Å²) >= 11 is 0. The van der Waals surface area contributed by atoms with Gasteiger partial charge in [0.05, 0.1) is 0 Å². The summed E-state index contributed by atoms with van der Waals surface area (Å²) in [4.78, 5) is 0. The Bertz CT molecular complexity index is 435. The van der Waals surface area contributed by atoms with Crippen LogP contribution in [0.4, 0.5) is 0 Å². The molecule has 0 amide bonds. The Labute approximate surface area is 184 Å². The fourth-order valence-corrected chi connectivity index (χ4v) is 4.83. The van der Waals surface area contributed by atoms with Gasteiger partial charge in [-0.3, -0.25) is 0 Å². The van der Waals surface area contributed by atoms with Gasteiger partial charge in [-0.05, 0) is 36.3 Å². The van der Waals surface area contributed by atoms with Gasteiger partial charge in [-0.2, -0.15) is 0 Å². The first-order valence-corrected chi connectivity index (χ1v) is 13.3. The zero-order chi connectivity index (χ0) is 21.0. The maximum Gasteiger partial charge on any atom is -0.0128 e. The molecule has 2 unspecified atom stereocenters. The fourth-order valence-electron chi connectivity index (χ4n) is 4.83. The first-order valence-electron chi connectivity index (χ1n) is 13.3. The predicted octanol–water partition coefficient (Wildman–Crippen LogP) is 10.3. The van der Waals surface area contributed by atoms with Crippen molar-refractivity contribution in [2.24, 2.45) is 5.92 Å². The second-order valence-electron chi connectivity index (χ2n) is 9.27. The maximum atomic E-state index is 3.57. The van der Waals surface area contributed by atoms with Crippen LogP contribution in [0.3, 0.4) is 0 Å². The van der Waals surface area contributed by atoms with E-state index in [0.717, 1.165) is 11.8 Å². The van der Waals surface area contributed by atoms with E-state index in [1.54, 1.807) is 0 Å². The van der Waals surface area contributed by atoms with Gasteiger partial charge >= 0.3 is 0 Å². The van der Waals surface area contributed by atoms with Gasteiger partial charge in [0.15, 0.2) is 0 Å². The Morgan fingerprint density at radius 1 is 0.621 bits per heavy atom. The Hall–Kier alpha value is -0.780. The summed E-state index contributed by atoms with van der Waals surface area (Å²) in [6, 6.07) is 12.3. The summed E-state index contributed by atoms with van der Waals surface area (Å²) in [5.41, 5.74) is 1.47. The van der Waals surface area contributed by atoms with Gasteiger partial charge in [-0.15, -0.1) is 0 Å². The van der Waals surface area contributed by atoms with Gasteiger partial charge in [-0.25, -0.2) is 0 Å². The van der Waals surface area contributed by atoms with Crippen molar-refractivity contribution in [2.45, 2.75) is 142 Å². The second-order valence-corrected chi connectivity index (χ2v) is 9.27. The van der Waals surface area contributed by atoms with E-state index in [4.69, 9.17) is 0 Å². The van der Waals surface area contributed by atoms with Crippen molar-refractivity contribution in [1.82, 2.24) is 0 Å². The summed E-state index contributed by atoms with van der Waals surface area (Å²) < 4.78 is 0. The first kappa shape index (κ1) is 26.3. The molecule has 0 saturated heterocycles. The van der Waals surface area contributed by atoms with Crippen LogP contribution in [-0.4, -0.2) is 0 Å². The van der Waals surface area contributed by atoms with Crippen molar-refractivity contribution in [3.63, 3.8) is 0 Å². The lowest BCUT2D eigenvalue weighted by Gasteiger charge is -2.27. The van der Waals surface area contributed by atoms with Gasteiger partial charge in [-0.1, -0.05) is 148 Å². The molecule has 1 radical (unpaired) electrons. The minimum atomic E-state index is 0.723. The van der Waals surface area contributed by atoms with Crippen LogP contribution in [0.15, 0.2) is 24.3 Å². The molecule has 0 heterocycles. The standard InChI is InChI=1S/C29H51/c1-4-7-9-10-11-12-13-14-15-16-17-22-26-29(28-24-20-18-21-25-28)27(6-3)23-19-8-5-2/h18,20-21,24,27,29H,4-17,19,22-23,26H2,1-3H3. The summed E-state index contributed by atoms with van der Waals surface area (Å²) in [7, 11) is 0. The van der Waals surface area contributed by atoms with Crippen molar-refractivity contribution in [3.05, 3.63) is 35.9 Å². The second kappa shape index (κ2) is 19.2. The maximum absolute atomic E-state index is 3.57. The molecule has 0 aliphatic heterocycles. The molecule has 0 nitrogen and oxygen atoms in total. The lowest BCUT2D eigenvalue weighted by Crippen LogP contribution is -2.13. The molecule has 0 saturated carbocycles. The van der Waals surface area contributed by atoms with E-state index in [2.05, 4.69) is 51.1 Å². The highest BCUT2D eigenvalue weighted by Gasteiger charge is 2.21. The quantitative estimate of drug-likeness (QED) is 0.191. The van der Waals surface area contributed by atoms with Crippen LogP contribution in [0.1, 0.15) is 148 Å². The third kappa shape index (κ3) is 13.2. The van der Waals surface area contributed by atoms with Crippen LogP contribution < -0.4 is 0 Å². The number of hydrogen-bond acceptors (Lipinski definition) is 0. The highest BCUT2D eigenvalue weighted by molar-refractivity contribution is 5.19. The SMILES string of the molecule is CCCCCCCCCCCCCCC(c1[c]cccc1)C(CC)CCCCC. The van der Waals surface area contributed by atoms with Gasteiger partial charge < -0.3 is 0 Å². The smallest absolute Gasteiger partial charge is 0.0128 e. The minimum absolute atomic E-state index is 0.723. The highest BCUT2D eigenvalue weighted by Crippen LogP contribution is 2.35. The molecule has 0 heteroatoms. The van der Waals surface area contributed by atoms with Crippen molar-refractivity contribution in [3.8, 4) is 0 Å². The Kier molecular flexibility index (Phi) is 17.4. The fraction of sp³-hybridized carbons (Fsp3) is 0.793. The van der Waals surface area contributed by atoms with E-state index in [9.17, 15) is 0 Å². The summed E-state index contributed by atoms with van der Waals surface area (Å²) in [5.74, 6) is 1.56. The number of benzene rings is 1.